The standard InChI is InChI=1S/C27H30N8O3.C27H31N7O3.C26H29F3N6O2.C23H24FN5O3/c1-5-33-14-19(12-30-33)27-13-28-25-7-6-20(10-26(25)32-27)34(15-22(36)16-35-18(2)29-17-31-35)21-8-23(37-3)11-24(9-21)38-4;1-18-28-7-8-33(18)16-22(35)17-34(21-9-23(36-3)12-24(10-21)37-4)20-5-6-25-26(11-20)31-27(14-29-25)19-13-30-32(2)15-19;1-4-34-16-18(14-32-34)25-15-31-23-7-6-19(12-24(23)33-25)35(9-5-8-30-17-26(27,28)29)20-10-21(36-2)13-22(11-20)37-3;1-3-28-12-15(10-26-28)23-11-25-21-5-4-17(9-22(21)27-23)29(13-19(31)14-30)18-6-16(24)7-20(8-18)32-2/h6-14,17,22,36H,5,15-16H2,1-4H3;5-6,9-15,22,35H,7-8,16-17H2,1-4H3;6-7,10-16,30H,4-5,8-9,17H2,1-3H3;4-12,19,30-31H,3,13-14H2,1-2H3. The number of methoxy groups -OCH3 is 7. The van der Waals surface area contributed by atoms with E-state index < -0.39 is 43.5 Å². The van der Waals surface area contributed by atoms with Crippen molar-refractivity contribution in [1.82, 2.24) is 104 Å². The van der Waals surface area contributed by atoms with Gasteiger partial charge in [0.05, 0.1) is 236 Å². The molecule has 1 aliphatic heterocycles. The SMILES string of the molecule is CCn1cc(-c2cnc3ccc(N(CC(O)CO)c4cc(F)cc(OC)c4)cc3n2)cn1.CCn1cc(-c2cnc3ccc(N(CC(O)Cn4ncnc4C)c4cc(OC)cc(OC)c4)cc3n2)cn1.CCn1cc(-c2cnc3ccc(N(CCCNCC(F)(F)F)c4cc(OC)cc(OC)c4)cc3n2)cn1.COc1cc(OC)cc(N(CC(O)CN2CCN=C2C)c2ccc3ncc(-c4cnn(C)c4)nc3c2)c1. The van der Waals surface area contributed by atoms with E-state index in [4.69, 9.17) is 53.1 Å². The third kappa shape index (κ3) is 26.0. The summed E-state index contributed by atoms with van der Waals surface area (Å²) in [6.45, 7) is 14.4. The Morgan fingerprint density at radius 2 is 0.757 bits per heavy atom. The number of amidine groups is 1. The monoisotopic (exact) mass is 1970 g/mol. The quantitative estimate of drug-likeness (QED) is 0.0177. The van der Waals surface area contributed by atoms with Gasteiger partial charge in [-0.3, -0.25) is 43.7 Å². The molecule has 0 fully saturated rings. The highest BCUT2D eigenvalue weighted by Crippen LogP contribution is 2.41. The summed E-state index contributed by atoms with van der Waals surface area (Å²) in [4.78, 5) is 56.0. The summed E-state index contributed by atoms with van der Waals surface area (Å²) in [6, 6.07) is 44.0. The van der Waals surface area contributed by atoms with E-state index in [1.807, 2.05) is 212 Å². The number of aliphatic hydroxyl groups excluding tert-OH is 4. The van der Waals surface area contributed by atoms with Crippen LogP contribution in [0.2, 0.25) is 0 Å². The molecule has 144 heavy (non-hydrogen) atoms. The first-order valence-electron chi connectivity index (χ1n) is 46.5. The Kier molecular flexibility index (Phi) is 33.7. The van der Waals surface area contributed by atoms with E-state index >= 15 is 0 Å². The molecule has 8 aromatic carbocycles. The van der Waals surface area contributed by atoms with Gasteiger partial charge in [0.15, 0.2) is 0 Å². The van der Waals surface area contributed by atoms with Crippen molar-refractivity contribution in [3.8, 4) is 85.3 Å². The van der Waals surface area contributed by atoms with Gasteiger partial charge in [0.1, 0.15) is 58.2 Å². The molecule has 0 radical (unpaired) electrons. The first kappa shape index (κ1) is 102. The number of halogens is 4. The number of ether oxygens (including phenoxy) is 7. The van der Waals surface area contributed by atoms with Crippen LogP contribution in [-0.4, -0.2) is 265 Å². The minimum absolute atomic E-state index is 0.0466. The Bertz CT molecular complexity index is 7180. The van der Waals surface area contributed by atoms with E-state index in [0.717, 1.165) is 140 Å². The van der Waals surface area contributed by atoms with Crippen molar-refractivity contribution in [3.63, 3.8) is 0 Å². The third-order valence-corrected chi connectivity index (χ3v) is 23.7. The lowest BCUT2D eigenvalue weighted by atomic mass is 10.1. The number of hydrogen-bond acceptors (Lipinski definition) is 32. The Morgan fingerprint density at radius 1 is 0.403 bits per heavy atom. The number of aromatic nitrogens is 19. The van der Waals surface area contributed by atoms with Gasteiger partial charge in [-0.1, -0.05) is 0 Å². The molecule has 37 nitrogen and oxygen atoms in total. The van der Waals surface area contributed by atoms with Gasteiger partial charge in [0, 0.05) is 206 Å². The second-order valence-electron chi connectivity index (χ2n) is 33.6. The van der Waals surface area contributed by atoms with Crippen molar-refractivity contribution in [2.75, 3.05) is 135 Å². The second kappa shape index (κ2) is 47.4. The molecule has 10 heterocycles. The van der Waals surface area contributed by atoms with Crippen molar-refractivity contribution in [2.24, 2.45) is 12.0 Å². The van der Waals surface area contributed by atoms with Crippen molar-refractivity contribution in [1.29, 1.82) is 0 Å². The van der Waals surface area contributed by atoms with Crippen LogP contribution in [0.4, 0.5) is 63.1 Å². The lowest BCUT2D eigenvalue weighted by Gasteiger charge is -2.30. The van der Waals surface area contributed by atoms with E-state index in [0.29, 0.717) is 112 Å². The molecule has 17 aromatic rings. The Balaban J connectivity index is 0.000000145. The van der Waals surface area contributed by atoms with Crippen LogP contribution in [0.15, 0.2) is 231 Å². The third-order valence-electron chi connectivity index (χ3n) is 23.7. The zero-order valence-electron chi connectivity index (χ0n) is 82.0. The van der Waals surface area contributed by atoms with Crippen LogP contribution in [0.1, 0.15) is 39.9 Å². The predicted molar refractivity (Wildman–Crippen MR) is 544 cm³/mol. The number of anilines is 8. The van der Waals surface area contributed by atoms with Gasteiger partial charge >= 0.3 is 6.18 Å². The molecular formula is C103H114F4N26O11. The first-order chi connectivity index (χ1) is 69.7. The molecule has 0 saturated carbocycles. The van der Waals surface area contributed by atoms with Crippen molar-refractivity contribution >= 4 is 95.5 Å². The van der Waals surface area contributed by atoms with Crippen molar-refractivity contribution in [2.45, 2.75) is 91.7 Å². The Hall–Kier alpha value is -16.1. The molecule has 0 saturated heterocycles. The van der Waals surface area contributed by atoms with Crippen LogP contribution in [-0.2, 0) is 33.2 Å². The average Bonchev–Trinajstić information content (AvgIpc) is 1.14. The van der Waals surface area contributed by atoms with Crippen LogP contribution in [0.5, 0.6) is 40.2 Å². The number of alkyl halides is 3. The molecule has 1 aliphatic rings. The molecule has 5 N–H and O–H groups in total. The number of aliphatic hydroxyl groups is 4. The molecular weight excluding hydrogens is 1850 g/mol. The molecule has 3 atom stereocenters. The molecule has 0 spiro atoms. The molecule has 41 heteroatoms. The predicted octanol–water partition coefficient (Wildman–Crippen LogP) is 15.3. The zero-order valence-corrected chi connectivity index (χ0v) is 82.0. The fourth-order valence-electron chi connectivity index (χ4n) is 16.1. The molecule has 750 valence electrons. The number of benzene rings is 8. The van der Waals surface area contributed by atoms with Crippen LogP contribution < -0.4 is 58.1 Å². The van der Waals surface area contributed by atoms with Gasteiger partial charge in [0.25, 0.3) is 0 Å². The van der Waals surface area contributed by atoms with E-state index in [1.54, 1.807) is 119 Å². The fraction of sp³-hybridized carbons (Fsp3) is 0.311. The maximum Gasteiger partial charge on any atom is 0.401 e. The van der Waals surface area contributed by atoms with E-state index in [9.17, 15) is 38.0 Å². The van der Waals surface area contributed by atoms with Crippen molar-refractivity contribution in [3.05, 3.63) is 238 Å². The molecule has 18 rings (SSSR count). The maximum atomic E-state index is 14.2. The highest BCUT2D eigenvalue weighted by molar-refractivity contribution is 5.88. The van der Waals surface area contributed by atoms with Gasteiger partial charge in [-0.05, 0) is 126 Å². The molecule has 0 aliphatic carbocycles. The minimum atomic E-state index is -4.25. The Labute approximate surface area is 828 Å². The minimum Gasteiger partial charge on any atom is -0.497 e. The lowest BCUT2D eigenvalue weighted by Crippen LogP contribution is -2.39. The highest BCUT2D eigenvalue weighted by Gasteiger charge is 2.29. The largest absolute Gasteiger partial charge is 0.497 e. The van der Waals surface area contributed by atoms with Crippen LogP contribution in [0.25, 0.3) is 89.2 Å². The average molecular weight is 1970 g/mol. The van der Waals surface area contributed by atoms with Crippen molar-refractivity contribution < 1.29 is 71.1 Å². The van der Waals surface area contributed by atoms with Gasteiger partial charge in [0.2, 0.25) is 0 Å². The van der Waals surface area contributed by atoms with E-state index in [1.165, 1.54) is 25.6 Å². The molecule has 0 amide bonds. The summed E-state index contributed by atoms with van der Waals surface area (Å²) in [5, 5.41) is 65.6. The topological polar surface area (TPSA) is 391 Å². The number of rotatable bonds is 38. The number of fused-ring (bicyclic) bond motifs is 4. The van der Waals surface area contributed by atoms with Gasteiger partial charge in [-0.15, -0.1) is 0 Å². The van der Waals surface area contributed by atoms with Crippen LogP contribution >= 0.6 is 0 Å². The molecule has 0 bridgehead atoms. The van der Waals surface area contributed by atoms with Crippen LogP contribution in [0.3, 0.4) is 0 Å². The van der Waals surface area contributed by atoms with Gasteiger partial charge in [-0.2, -0.15) is 38.7 Å². The second-order valence-corrected chi connectivity index (χ2v) is 33.6. The highest BCUT2D eigenvalue weighted by atomic mass is 19.4. The first-order valence-corrected chi connectivity index (χ1v) is 46.5. The number of β-amino-alcohol motifs (C(OH)–C–C–N with tert-alkyl or cyclic N) is 1. The normalized spacial score (nSPS) is 12.5. The summed E-state index contributed by atoms with van der Waals surface area (Å²) >= 11 is 0. The zero-order chi connectivity index (χ0) is 102. The molecule has 3 unspecified atom stereocenters. The summed E-state index contributed by atoms with van der Waals surface area (Å²) < 4.78 is 98.9. The number of nitrogens with zero attached hydrogens (tertiary/aromatic N) is 25. The van der Waals surface area contributed by atoms with Gasteiger partial charge in [-0.25, -0.2) is 34.0 Å². The number of aryl methyl sites for hydroxylation is 5. The molecule has 9 aromatic heterocycles. The number of nitrogens with one attached hydrogen (secondary N) is 1. The lowest BCUT2D eigenvalue weighted by molar-refractivity contribution is -0.124. The van der Waals surface area contributed by atoms with E-state index in [-0.39, 0.29) is 19.6 Å². The number of hydrogen-bond donors (Lipinski definition) is 5. The summed E-state index contributed by atoms with van der Waals surface area (Å²) in [7, 11) is 12.9. The summed E-state index contributed by atoms with van der Waals surface area (Å²) in [6.07, 6.45) is 17.0. The Morgan fingerprint density at radius 3 is 1.09 bits per heavy atom. The van der Waals surface area contributed by atoms with Crippen LogP contribution in [0, 0.1) is 12.7 Å². The van der Waals surface area contributed by atoms with E-state index in [2.05, 4.69) is 70.5 Å². The summed E-state index contributed by atoms with van der Waals surface area (Å²) in [5.74, 6) is 5.37. The van der Waals surface area contributed by atoms with Gasteiger partial charge < -0.3 is 83.4 Å². The summed E-state index contributed by atoms with van der Waals surface area (Å²) in [5.41, 5.74) is 18.2. The smallest absolute Gasteiger partial charge is 0.401 e. The number of aliphatic imine (C=N–C) groups is 1. The maximum absolute atomic E-state index is 14.2. The fourth-order valence-corrected chi connectivity index (χ4v) is 16.1.